The molecule has 2 aliphatic rings. The first-order valence-electron chi connectivity index (χ1n) is 13.0. The predicted molar refractivity (Wildman–Crippen MR) is 152 cm³/mol. The molecule has 202 valence electrons. The van der Waals surface area contributed by atoms with E-state index in [1.54, 1.807) is 6.07 Å². The maximum atomic E-state index is 14.8. The molecule has 37 heavy (non-hydrogen) atoms. The SMILES string of the molecule is CCCC1CC(NS(=O)c2ccc(NSC)cc2)CC(C)(C(O)CC2N/C(=C\N)c3cccc(F)c32)C1. The Hall–Kier alpha value is -2.07. The van der Waals surface area contributed by atoms with Gasteiger partial charge in [0.1, 0.15) is 16.8 Å². The number of aliphatic hydroxyl groups excluding tert-OH is 1. The number of hydrogen-bond donors (Lipinski definition) is 5. The van der Waals surface area contributed by atoms with E-state index in [4.69, 9.17) is 5.73 Å². The Bertz CT molecular complexity index is 1130. The molecule has 1 aliphatic heterocycles. The van der Waals surface area contributed by atoms with Crippen molar-refractivity contribution < 1.29 is 13.7 Å². The van der Waals surface area contributed by atoms with Gasteiger partial charge in [0.05, 0.1) is 22.7 Å². The molecular weight excluding hydrogens is 507 g/mol. The number of benzene rings is 2. The Morgan fingerprint density at radius 1 is 1.30 bits per heavy atom. The van der Waals surface area contributed by atoms with Gasteiger partial charge in [0, 0.05) is 35.3 Å². The zero-order valence-corrected chi connectivity index (χ0v) is 23.4. The molecule has 0 amide bonds. The number of nitrogens with one attached hydrogen (secondary N) is 3. The fraction of sp³-hybridized carbons (Fsp3) is 0.500. The summed E-state index contributed by atoms with van der Waals surface area (Å²) in [5.41, 5.74) is 8.39. The first-order chi connectivity index (χ1) is 17.8. The lowest BCUT2D eigenvalue weighted by molar-refractivity contribution is -0.0247. The van der Waals surface area contributed by atoms with E-state index < -0.39 is 22.5 Å². The summed E-state index contributed by atoms with van der Waals surface area (Å²) in [5, 5.41) is 14.9. The minimum atomic E-state index is -1.35. The molecule has 0 bridgehead atoms. The minimum Gasteiger partial charge on any atom is -0.403 e. The standard InChI is InChI=1S/C28H39FN4O2S2/c1-4-6-18-13-20(33-37(35)21-11-9-19(10-12-21)32-36-3)16-28(2,15-18)26(34)14-24-27-22(25(17-30)31-24)7-5-8-23(27)29/h5,7-12,17-18,20,24,26,31-34H,4,6,13-16,30H2,1-3H3/b25-17-. The molecule has 0 radical (unpaired) electrons. The predicted octanol–water partition coefficient (Wildman–Crippen LogP) is 5.46. The second kappa shape index (κ2) is 12.2. The van der Waals surface area contributed by atoms with Crippen LogP contribution in [0, 0.1) is 17.2 Å². The zero-order valence-electron chi connectivity index (χ0n) is 21.8. The zero-order chi connectivity index (χ0) is 26.6. The van der Waals surface area contributed by atoms with E-state index in [0.29, 0.717) is 30.0 Å². The Morgan fingerprint density at radius 2 is 2.05 bits per heavy atom. The van der Waals surface area contributed by atoms with Crippen molar-refractivity contribution in [1.29, 1.82) is 0 Å². The highest BCUT2D eigenvalue weighted by Gasteiger charge is 2.44. The van der Waals surface area contributed by atoms with E-state index in [9.17, 15) is 13.7 Å². The second-order valence-electron chi connectivity index (χ2n) is 10.6. The molecule has 2 aromatic rings. The van der Waals surface area contributed by atoms with Crippen LogP contribution in [0.5, 0.6) is 0 Å². The van der Waals surface area contributed by atoms with Gasteiger partial charge in [-0.15, -0.1) is 0 Å². The van der Waals surface area contributed by atoms with Gasteiger partial charge in [0.2, 0.25) is 0 Å². The molecule has 6 N–H and O–H groups in total. The average Bonchev–Trinajstić information content (AvgIpc) is 3.23. The van der Waals surface area contributed by atoms with Crippen LogP contribution in [0.15, 0.2) is 53.6 Å². The van der Waals surface area contributed by atoms with E-state index in [-0.39, 0.29) is 17.9 Å². The third kappa shape index (κ3) is 6.33. The lowest BCUT2D eigenvalue weighted by atomic mass is 9.64. The van der Waals surface area contributed by atoms with Crippen LogP contribution in [-0.2, 0) is 11.0 Å². The van der Waals surface area contributed by atoms with Gasteiger partial charge in [-0.2, -0.15) is 0 Å². The number of aliphatic hydroxyl groups is 1. The molecule has 0 spiro atoms. The normalized spacial score (nSPS) is 27.9. The van der Waals surface area contributed by atoms with E-state index >= 15 is 0 Å². The quantitative estimate of drug-likeness (QED) is 0.254. The van der Waals surface area contributed by atoms with Crippen molar-refractivity contribution in [2.24, 2.45) is 17.1 Å². The van der Waals surface area contributed by atoms with Gasteiger partial charge >= 0.3 is 0 Å². The van der Waals surface area contributed by atoms with Crippen molar-refractivity contribution in [2.75, 3.05) is 11.0 Å². The fourth-order valence-electron chi connectivity index (χ4n) is 6.13. The summed E-state index contributed by atoms with van der Waals surface area (Å²) < 4.78 is 34.5. The molecule has 1 aliphatic carbocycles. The average molecular weight is 547 g/mol. The minimum absolute atomic E-state index is 0.00911. The van der Waals surface area contributed by atoms with Crippen molar-refractivity contribution in [3.63, 3.8) is 0 Å². The van der Waals surface area contributed by atoms with Gasteiger partial charge in [-0.1, -0.05) is 50.8 Å². The Morgan fingerprint density at radius 3 is 2.73 bits per heavy atom. The van der Waals surface area contributed by atoms with Gasteiger partial charge in [-0.05, 0) is 67.3 Å². The van der Waals surface area contributed by atoms with Crippen LogP contribution < -0.4 is 20.5 Å². The first kappa shape index (κ1) is 28.0. The van der Waals surface area contributed by atoms with Crippen LogP contribution in [0.1, 0.15) is 69.5 Å². The largest absolute Gasteiger partial charge is 0.403 e. The number of nitrogens with two attached hydrogens (primary N) is 1. The molecule has 6 nitrogen and oxygen atoms in total. The van der Waals surface area contributed by atoms with Crippen LogP contribution in [0.4, 0.5) is 10.1 Å². The van der Waals surface area contributed by atoms with Crippen molar-refractivity contribution >= 4 is 34.3 Å². The monoisotopic (exact) mass is 546 g/mol. The van der Waals surface area contributed by atoms with Crippen LogP contribution in [0.25, 0.3) is 5.70 Å². The van der Waals surface area contributed by atoms with E-state index in [2.05, 4.69) is 28.6 Å². The third-order valence-electron chi connectivity index (χ3n) is 7.80. The summed E-state index contributed by atoms with van der Waals surface area (Å²) in [5.74, 6) is 0.131. The summed E-state index contributed by atoms with van der Waals surface area (Å²) in [6.45, 7) is 4.30. The van der Waals surface area contributed by atoms with Gasteiger partial charge in [-0.3, -0.25) is 0 Å². The second-order valence-corrected chi connectivity index (χ2v) is 12.5. The van der Waals surface area contributed by atoms with Crippen molar-refractivity contribution in [2.45, 2.75) is 75.5 Å². The summed E-state index contributed by atoms with van der Waals surface area (Å²) in [7, 11) is -1.35. The molecule has 4 rings (SSSR count). The van der Waals surface area contributed by atoms with E-state index in [1.165, 1.54) is 24.2 Å². The molecule has 0 saturated heterocycles. The molecule has 1 fully saturated rings. The van der Waals surface area contributed by atoms with E-state index in [1.807, 2.05) is 36.6 Å². The Labute approximate surface area is 226 Å². The van der Waals surface area contributed by atoms with Crippen LogP contribution in [-0.4, -0.2) is 27.7 Å². The molecule has 1 heterocycles. The highest BCUT2D eigenvalue weighted by molar-refractivity contribution is 7.99. The number of hydrogen-bond acceptors (Lipinski definition) is 6. The van der Waals surface area contributed by atoms with Crippen molar-refractivity contribution in [1.82, 2.24) is 10.0 Å². The van der Waals surface area contributed by atoms with Crippen molar-refractivity contribution in [3.8, 4) is 0 Å². The number of halogens is 1. The van der Waals surface area contributed by atoms with E-state index in [0.717, 1.165) is 41.8 Å². The Kier molecular flexibility index (Phi) is 9.21. The lowest BCUT2D eigenvalue weighted by Crippen LogP contribution is -2.48. The number of rotatable bonds is 10. The summed E-state index contributed by atoms with van der Waals surface area (Å²) in [4.78, 5) is 0.731. The van der Waals surface area contributed by atoms with Crippen LogP contribution in [0.2, 0.25) is 0 Å². The van der Waals surface area contributed by atoms with Gasteiger partial charge in [0.25, 0.3) is 0 Å². The third-order valence-corrected chi connectivity index (χ3v) is 9.48. The fourth-order valence-corrected chi connectivity index (χ4v) is 7.51. The smallest absolute Gasteiger partial charge is 0.129 e. The summed E-state index contributed by atoms with van der Waals surface area (Å²) in [6, 6.07) is 12.3. The maximum Gasteiger partial charge on any atom is 0.129 e. The van der Waals surface area contributed by atoms with Gasteiger partial charge in [-0.25, -0.2) is 13.3 Å². The Balaban J connectivity index is 1.49. The van der Waals surface area contributed by atoms with Crippen molar-refractivity contribution in [3.05, 3.63) is 65.6 Å². The molecule has 1 saturated carbocycles. The highest BCUT2D eigenvalue weighted by Crippen LogP contribution is 2.47. The summed E-state index contributed by atoms with van der Waals surface area (Å²) >= 11 is 1.51. The van der Waals surface area contributed by atoms with Crippen LogP contribution in [0.3, 0.4) is 0 Å². The molecule has 0 aromatic heterocycles. The summed E-state index contributed by atoms with van der Waals surface area (Å²) in [6.07, 6.45) is 7.76. The first-order valence-corrected chi connectivity index (χ1v) is 15.4. The number of anilines is 1. The molecule has 6 unspecified atom stereocenters. The van der Waals surface area contributed by atoms with Gasteiger partial charge < -0.3 is 20.9 Å². The topological polar surface area (TPSA) is 99.4 Å². The molecular formula is C28H39FN4O2S2. The number of fused-ring (bicyclic) bond motifs is 1. The molecule has 6 atom stereocenters. The molecule has 9 heteroatoms. The van der Waals surface area contributed by atoms with Gasteiger partial charge in [0.15, 0.2) is 0 Å². The van der Waals surface area contributed by atoms with Crippen LogP contribution >= 0.6 is 11.9 Å². The lowest BCUT2D eigenvalue weighted by Gasteiger charge is -2.46. The highest BCUT2D eigenvalue weighted by atomic mass is 32.2. The maximum absolute atomic E-state index is 14.8. The molecule has 2 aromatic carbocycles.